The average molecular weight is 245 g/mol. The first-order chi connectivity index (χ1) is 8.43. The highest BCUT2D eigenvalue weighted by Gasteiger charge is 2.28. The van der Waals surface area contributed by atoms with Gasteiger partial charge in [0, 0.05) is 5.39 Å². The molecule has 1 aromatic carbocycles. The smallest absolute Gasteiger partial charge is 0.137 e. The molecule has 18 heavy (non-hydrogen) atoms. The third-order valence-corrected chi connectivity index (χ3v) is 3.32. The van der Waals surface area contributed by atoms with Gasteiger partial charge in [-0.2, -0.15) is 0 Å². The van der Waals surface area contributed by atoms with Crippen LogP contribution in [-0.2, 0) is 0 Å². The molecule has 1 aromatic heterocycles. The Morgan fingerprint density at radius 1 is 1.28 bits per heavy atom. The summed E-state index contributed by atoms with van der Waals surface area (Å²) in [4.78, 5) is 0. The monoisotopic (exact) mass is 245 g/mol. The summed E-state index contributed by atoms with van der Waals surface area (Å²) in [6, 6.07) is 8.70. The molecule has 98 valence electrons. The van der Waals surface area contributed by atoms with Crippen LogP contribution in [0.5, 0.6) is 0 Å². The largest absolute Gasteiger partial charge is 0.459 e. The Balaban J connectivity index is 2.48. The van der Waals surface area contributed by atoms with Crippen LogP contribution in [0.1, 0.15) is 45.1 Å². The fraction of sp³-hybridized carbons (Fsp3) is 0.500. The lowest BCUT2D eigenvalue weighted by molar-refractivity contribution is 0.244. The van der Waals surface area contributed by atoms with Crippen LogP contribution in [0.2, 0.25) is 0 Å². The molecular weight excluding hydrogens is 222 g/mol. The molecule has 0 aliphatic carbocycles. The van der Waals surface area contributed by atoms with Crippen molar-refractivity contribution in [1.29, 1.82) is 0 Å². The molecule has 0 radical (unpaired) electrons. The van der Waals surface area contributed by atoms with Crippen LogP contribution in [0.3, 0.4) is 0 Å². The second kappa shape index (κ2) is 4.77. The van der Waals surface area contributed by atoms with Gasteiger partial charge in [0.25, 0.3) is 0 Å². The third-order valence-electron chi connectivity index (χ3n) is 3.32. The van der Waals surface area contributed by atoms with Gasteiger partial charge in [0.1, 0.15) is 11.3 Å². The first-order valence-electron chi connectivity index (χ1n) is 6.66. The van der Waals surface area contributed by atoms with E-state index in [2.05, 4.69) is 64.2 Å². The Hall–Kier alpha value is -1.28. The zero-order chi connectivity index (χ0) is 13.3. The summed E-state index contributed by atoms with van der Waals surface area (Å²) in [7, 11) is 0. The second-order valence-electron chi connectivity index (χ2n) is 6.00. The molecule has 1 unspecified atom stereocenters. The van der Waals surface area contributed by atoms with Crippen molar-refractivity contribution in [3.05, 3.63) is 35.6 Å². The van der Waals surface area contributed by atoms with E-state index in [4.69, 9.17) is 4.42 Å². The molecule has 1 N–H and O–H groups in total. The molecule has 0 saturated heterocycles. The van der Waals surface area contributed by atoms with Crippen LogP contribution in [0.25, 0.3) is 11.0 Å². The summed E-state index contributed by atoms with van der Waals surface area (Å²) in [6.07, 6.45) is 0. The number of para-hydroxylation sites is 1. The van der Waals surface area contributed by atoms with E-state index in [-0.39, 0.29) is 11.5 Å². The number of rotatable bonds is 3. The Kier molecular flexibility index (Phi) is 3.49. The number of aryl methyl sites for hydroxylation is 1. The molecule has 0 aliphatic heterocycles. The minimum Gasteiger partial charge on any atom is -0.459 e. The summed E-state index contributed by atoms with van der Waals surface area (Å²) < 4.78 is 6.08. The quantitative estimate of drug-likeness (QED) is 0.865. The molecule has 0 fully saturated rings. The maximum Gasteiger partial charge on any atom is 0.137 e. The van der Waals surface area contributed by atoms with Crippen molar-refractivity contribution in [1.82, 2.24) is 5.32 Å². The predicted molar refractivity (Wildman–Crippen MR) is 76.8 cm³/mol. The molecule has 0 bridgehead atoms. The molecular formula is C16H23NO. The summed E-state index contributed by atoms with van der Waals surface area (Å²) >= 11 is 0. The third kappa shape index (κ3) is 2.44. The number of nitrogens with one attached hydrogen (secondary N) is 1. The number of fused-ring (bicyclic) bond motifs is 1. The second-order valence-corrected chi connectivity index (χ2v) is 6.00. The number of hydrogen-bond acceptors (Lipinski definition) is 2. The van der Waals surface area contributed by atoms with Crippen LogP contribution >= 0.6 is 0 Å². The predicted octanol–water partition coefficient (Wildman–Crippen LogP) is 4.44. The van der Waals surface area contributed by atoms with E-state index in [1.54, 1.807) is 0 Å². The lowest BCUT2D eigenvalue weighted by Gasteiger charge is -2.29. The van der Waals surface area contributed by atoms with Gasteiger partial charge in [0.15, 0.2) is 0 Å². The average Bonchev–Trinajstić information content (AvgIpc) is 2.69. The van der Waals surface area contributed by atoms with E-state index in [0.29, 0.717) is 0 Å². The van der Waals surface area contributed by atoms with Crippen molar-refractivity contribution in [2.24, 2.45) is 5.41 Å². The molecule has 2 heteroatoms. The van der Waals surface area contributed by atoms with Crippen molar-refractivity contribution in [3.63, 3.8) is 0 Å². The van der Waals surface area contributed by atoms with Crippen LogP contribution in [0.15, 0.2) is 28.7 Å². The van der Waals surface area contributed by atoms with Crippen LogP contribution < -0.4 is 5.32 Å². The summed E-state index contributed by atoms with van der Waals surface area (Å²) in [6.45, 7) is 11.9. The highest BCUT2D eigenvalue weighted by molar-refractivity contribution is 5.81. The van der Waals surface area contributed by atoms with Crippen molar-refractivity contribution in [3.8, 4) is 0 Å². The van der Waals surface area contributed by atoms with E-state index in [0.717, 1.165) is 17.9 Å². The van der Waals surface area contributed by atoms with Gasteiger partial charge in [-0.05, 0) is 30.5 Å². The Morgan fingerprint density at radius 2 is 2.00 bits per heavy atom. The topological polar surface area (TPSA) is 25.2 Å². The van der Waals surface area contributed by atoms with E-state index < -0.39 is 0 Å². The van der Waals surface area contributed by atoms with E-state index in [1.165, 1.54) is 10.9 Å². The lowest BCUT2D eigenvalue weighted by atomic mass is 9.85. The van der Waals surface area contributed by atoms with E-state index >= 15 is 0 Å². The van der Waals surface area contributed by atoms with Crippen molar-refractivity contribution in [2.45, 2.75) is 40.7 Å². The van der Waals surface area contributed by atoms with Gasteiger partial charge in [-0.1, -0.05) is 45.9 Å². The minimum atomic E-state index is 0.137. The summed E-state index contributed by atoms with van der Waals surface area (Å²) in [5, 5.41) is 4.72. The zero-order valence-electron chi connectivity index (χ0n) is 12.0. The first-order valence-corrected chi connectivity index (χ1v) is 6.66. The maximum atomic E-state index is 6.08. The Bertz CT molecular complexity index is 534. The molecule has 0 aliphatic rings. The lowest BCUT2D eigenvalue weighted by Crippen LogP contribution is -2.31. The van der Waals surface area contributed by atoms with Crippen LogP contribution in [0.4, 0.5) is 0 Å². The fourth-order valence-electron chi connectivity index (χ4n) is 2.41. The molecule has 0 amide bonds. The maximum absolute atomic E-state index is 6.08. The summed E-state index contributed by atoms with van der Waals surface area (Å²) in [5.74, 6) is 1.04. The van der Waals surface area contributed by atoms with E-state index in [9.17, 15) is 0 Å². The fourth-order valence-corrected chi connectivity index (χ4v) is 2.41. The normalized spacial score (nSPS) is 14.1. The SMILES string of the molecule is CCNC(c1cc2cccc(C)c2o1)C(C)(C)C. The van der Waals surface area contributed by atoms with Gasteiger partial charge >= 0.3 is 0 Å². The van der Waals surface area contributed by atoms with E-state index in [1.807, 2.05) is 0 Å². The molecule has 0 spiro atoms. The zero-order valence-corrected chi connectivity index (χ0v) is 12.0. The molecule has 1 heterocycles. The van der Waals surface area contributed by atoms with Gasteiger partial charge in [0.05, 0.1) is 6.04 Å². The molecule has 2 nitrogen and oxygen atoms in total. The molecule has 2 aromatic rings. The highest BCUT2D eigenvalue weighted by Crippen LogP contribution is 2.36. The molecule has 0 saturated carbocycles. The molecule has 2 rings (SSSR count). The van der Waals surface area contributed by atoms with Gasteiger partial charge < -0.3 is 9.73 Å². The Labute approximate surface area is 109 Å². The van der Waals surface area contributed by atoms with Crippen molar-refractivity contribution in [2.75, 3.05) is 6.54 Å². The standard InChI is InChI=1S/C16H23NO/c1-6-17-15(16(3,4)5)13-10-12-9-7-8-11(2)14(12)18-13/h7-10,15,17H,6H2,1-5H3. The van der Waals surface area contributed by atoms with Crippen LogP contribution in [-0.4, -0.2) is 6.54 Å². The minimum absolute atomic E-state index is 0.137. The van der Waals surface area contributed by atoms with Gasteiger partial charge in [-0.15, -0.1) is 0 Å². The molecule has 1 atom stereocenters. The number of furan rings is 1. The van der Waals surface area contributed by atoms with Gasteiger partial charge in [-0.25, -0.2) is 0 Å². The van der Waals surface area contributed by atoms with Gasteiger partial charge in [-0.3, -0.25) is 0 Å². The first kappa shape index (κ1) is 13.2. The summed E-state index contributed by atoms with van der Waals surface area (Å²) in [5.41, 5.74) is 2.35. The Morgan fingerprint density at radius 3 is 2.56 bits per heavy atom. The van der Waals surface area contributed by atoms with Gasteiger partial charge in [0.2, 0.25) is 0 Å². The number of benzene rings is 1. The highest BCUT2D eigenvalue weighted by atomic mass is 16.3. The van der Waals surface area contributed by atoms with Crippen molar-refractivity contribution >= 4 is 11.0 Å². The van der Waals surface area contributed by atoms with Crippen molar-refractivity contribution < 1.29 is 4.42 Å². The number of hydrogen-bond donors (Lipinski definition) is 1. The van der Waals surface area contributed by atoms with Crippen LogP contribution in [0, 0.1) is 12.3 Å².